The molecule has 0 spiro atoms. The molecule has 5 heteroatoms. The Bertz CT molecular complexity index is 504. The second-order valence-electron chi connectivity index (χ2n) is 6.68. The number of rotatable bonds is 10. The van der Waals surface area contributed by atoms with Crippen LogP contribution in [-0.4, -0.2) is 43.1 Å². The van der Waals surface area contributed by atoms with E-state index in [1.54, 1.807) is 0 Å². The lowest BCUT2D eigenvalue weighted by Crippen LogP contribution is -2.25. The van der Waals surface area contributed by atoms with E-state index in [0.29, 0.717) is 26.1 Å². The highest BCUT2D eigenvalue weighted by Crippen LogP contribution is 2.35. The van der Waals surface area contributed by atoms with E-state index < -0.39 is 6.10 Å². The van der Waals surface area contributed by atoms with E-state index in [9.17, 15) is 9.90 Å². The third-order valence-electron chi connectivity index (χ3n) is 4.52. The molecule has 0 bridgehead atoms. The fourth-order valence-corrected chi connectivity index (χ4v) is 2.83. The van der Waals surface area contributed by atoms with E-state index in [1.807, 2.05) is 44.2 Å². The van der Waals surface area contributed by atoms with Crippen LogP contribution in [0.1, 0.15) is 32.3 Å². The van der Waals surface area contributed by atoms with E-state index in [4.69, 9.17) is 9.47 Å². The molecule has 1 aliphatic heterocycles. The van der Waals surface area contributed by atoms with E-state index in [2.05, 4.69) is 4.74 Å². The summed E-state index contributed by atoms with van der Waals surface area (Å²) < 4.78 is 16.0. The molecule has 0 radical (unpaired) electrons. The van der Waals surface area contributed by atoms with E-state index in [1.165, 1.54) is 7.11 Å². The van der Waals surface area contributed by atoms with Crippen LogP contribution in [0.15, 0.2) is 30.3 Å². The molecule has 1 N–H and O–H groups in total. The Balaban J connectivity index is 1.63. The zero-order chi connectivity index (χ0) is 17.5. The van der Waals surface area contributed by atoms with Gasteiger partial charge < -0.3 is 19.3 Å². The average molecular weight is 336 g/mol. The molecule has 0 aliphatic carbocycles. The van der Waals surface area contributed by atoms with Crippen molar-refractivity contribution in [3.63, 3.8) is 0 Å². The zero-order valence-electron chi connectivity index (χ0n) is 14.7. The number of benzene rings is 1. The molecule has 24 heavy (non-hydrogen) atoms. The van der Waals surface area contributed by atoms with Gasteiger partial charge in [0.15, 0.2) is 0 Å². The van der Waals surface area contributed by atoms with Gasteiger partial charge in [-0.15, -0.1) is 0 Å². The third-order valence-corrected chi connectivity index (χ3v) is 4.52. The zero-order valence-corrected chi connectivity index (χ0v) is 14.7. The Morgan fingerprint density at radius 1 is 1.29 bits per heavy atom. The summed E-state index contributed by atoms with van der Waals surface area (Å²) in [5.74, 6) is -0.0752. The molecule has 0 amide bonds. The minimum absolute atomic E-state index is 0.0243. The number of hydrogen-bond acceptors (Lipinski definition) is 5. The second kappa shape index (κ2) is 9.16. The summed E-state index contributed by atoms with van der Waals surface area (Å²) in [5, 5.41) is 10.3. The highest BCUT2D eigenvalue weighted by molar-refractivity contribution is 5.69. The van der Waals surface area contributed by atoms with Gasteiger partial charge in [-0.2, -0.15) is 0 Å². The van der Waals surface area contributed by atoms with Crippen LogP contribution in [-0.2, 0) is 25.6 Å². The second-order valence-corrected chi connectivity index (χ2v) is 6.68. The lowest BCUT2D eigenvalue weighted by Gasteiger charge is -2.18. The summed E-state index contributed by atoms with van der Waals surface area (Å²) >= 11 is 0. The molecule has 5 nitrogen and oxygen atoms in total. The Kier molecular flexibility index (Phi) is 7.21. The highest BCUT2D eigenvalue weighted by atomic mass is 16.6. The number of esters is 1. The standard InChI is InChI=1S/C19H28O5/c1-13(9-18(21)22-3)19-17(24-19)10-16(20)14(2)11-23-12-15-7-5-4-6-8-15/h4-8,13-14,16-17,19-20H,9-12H2,1-3H3/t13-,14-,16+,17-,19+/m1/s1. The first-order chi connectivity index (χ1) is 11.5. The van der Waals surface area contributed by atoms with Crippen molar-refractivity contribution in [3.05, 3.63) is 35.9 Å². The maximum absolute atomic E-state index is 11.3. The van der Waals surface area contributed by atoms with Gasteiger partial charge in [0.25, 0.3) is 0 Å². The summed E-state index contributed by atoms with van der Waals surface area (Å²) in [4.78, 5) is 11.3. The lowest BCUT2D eigenvalue weighted by molar-refractivity contribution is -0.141. The summed E-state index contributed by atoms with van der Waals surface area (Å²) in [6, 6.07) is 9.98. The molecular weight excluding hydrogens is 308 g/mol. The van der Waals surface area contributed by atoms with E-state index in [0.717, 1.165) is 5.56 Å². The normalized spacial score (nSPS) is 23.3. The van der Waals surface area contributed by atoms with Crippen molar-refractivity contribution in [1.82, 2.24) is 0 Å². The van der Waals surface area contributed by atoms with Crippen LogP contribution >= 0.6 is 0 Å². The van der Waals surface area contributed by atoms with E-state index in [-0.39, 0.29) is 30.0 Å². The fourth-order valence-electron chi connectivity index (χ4n) is 2.83. The Labute approximate surface area is 143 Å². The van der Waals surface area contributed by atoms with Gasteiger partial charge >= 0.3 is 5.97 Å². The summed E-state index contributed by atoms with van der Waals surface area (Å²) in [7, 11) is 1.39. The molecule has 5 atom stereocenters. The maximum Gasteiger partial charge on any atom is 0.305 e. The predicted octanol–water partition coefficient (Wildman–Crippen LogP) is 2.56. The number of aliphatic hydroxyl groups excluding tert-OH is 1. The SMILES string of the molecule is COC(=O)C[C@@H](C)[C@@H]1O[C@@H]1C[C@H](O)[C@H](C)COCc1ccccc1. The molecule has 1 fully saturated rings. The minimum Gasteiger partial charge on any atom is -0.469 e. The molecule has 0 saturated carbocycles. The van der Waals surface area contributed by atoms with E-state index >= 15 is 0 Å². The van der Waals surface area contributed by atoms with Gasteiger partial charge in [0.2, 0.25) is 0 Å². The van der Waals surface area contributed by atoms with Crippen LogP contribution in [0.25, 0.3) is 0 Å². The number of aliphatic hydroxyl groups is 1. The van der Waals surface area contributed by atoms with Crippen molar-refractivity contribution < 1.29 is 24.1 Å². The molecule has 134 valence electrons. The molecular formula is C19H28O5. The van der Waals surface area contributed by atoms with Crippen molar-refractivity contribution in [2.24, 2.45) is 11.8 Å². The van der Waals surface area contributed by atoms with Crippen LogP contribution in [0.2, 0.25) is 0 Å². The van der Waals surface area contributed by atoms with Crippen molar-refractivity contribution in [3.8, 4) is 0 Å². The molecule has 1 saturated heterocycles. The molecule has 1 heterocycles. The summed E-state index contributed by atoms with van der Waals surface area (Å²) in [5.41, 5.74) is 1.13. The van der Waals surface area contributed by atoms with Crippen molar-refractivity contribution in [2.75, 3.05) is 13.7 Å². The Morgan fingerprint density at radius 3 is 2.67 bits per heavy atom. The van der Waals surface area contributed by atoms with Crippen LogP contribution in [0.3, 0.4) is 0 Å². The molecule has 2 rings (SSSR count). The summed E-state index contributed by atoms with van der Waals surface area (Å²) in [6.45, 7) is 5.01. The number of methoxy groups -OCH3 is 1. The van der Waals surface area contributed by atoms with Gasteiger partial charge in [0.1, 0.15) is 0 Å². The minimum atomic E-state index is -0.471. The first kappa shape index (κ1) is 18.9. The smallest absolute Gasteiger partial charge is 0.305 e. The van der Waals surface area contributed by atoms with Crippen LogP contribution in [0.5, 0.6) is 0 Å². The monoisotopic (exact) mass is 336 g/mol. The van der Waals surface area contributed by atoms with Crippen molar-refractivity contribution in [1.29, 1.82) is 0 Å². The molecule has 0 unspecified atom stereocenters. The van der Waals surface area contributed by atoms with Crippen molar-refractivity contribution in [2.45, 2.75) is 51.6 Å². The molecule has 0 aromatic heterocycles. The number of ether oxygens (including phenoxy) is 3. The topological polar surface area (TPSA) is 68.3 Å². The predicted molar refractivity (Wildman–Crippen MR) is 90.3 cm³/mol. The largest absolute Gasteiger partial charge is 0.469 e. The number of carbonyl (C=O) groups is 1. The van der Waals surface area contributed by atoms with Gasteiger partial charge in [-0.05, 0) is 11.5 Å². The first-order valence-electron chi connectivity index (χ1n) is 8.53. The van der Waals surface area contributed by atoms with Gasteiger partial charge in [-0.25, -0.2) is 0 Å². The Hall–Kier alpha value is -1.43. The van der Waals surface area contributed by atoms with Crippen LogP contribution in [0, 0.1) is 11.8 Å². The van der Waals surface area contributed by atoms with Crippen LogP contribution in [0.4, 0.5) is 0 Å². The molecule has 1 aromatic rings. The summed E-state index contributed by atoms with van der Waals surface area (Å²) in [6.07, 6.45) is 0.517. The Morgan fingerprint density at radius 2 is 2.00 bits per heavy atom. The number of epoxide rings is 1. The average Bonchev–Trinajstić information content (AvgIpc) is 3.34. The molecule has 1 aliphatic rings. The lowest BCUT2D eigenvalue weighted by atomic mass is 9.95. The van der Waals surface area contributed by atoms with Crippen molar-refractivity contribution >= 4 is 5.97 Å². The van der Waals surface area contributed by atoms with Crippen LogP contribution < -0.4 is 0 Å². The third kappa shape index (κ3) is 5.89. The number of carbonyl (C=O) groups excluding carboxylic acids is 1. The first-order valence-corrected chi connectivity index (χ1v) is 8.53. The fraction of sp³-hybridized carbons (Fsp3) is 0.632. The maximum atomic E-state index is 11.3. The molecule has 1 aromatic carbocycles. The quantitative estimate of drug-likeness (QED) is 0.525. The van der Waals surface area contributed by atoms with Gasteiger partial charge in [-0.3, -0.25) is 4.79 Å². The van der Waals surface area contributed by atoms with Gasteiger partial charge in [-0.1, -0.05) is 44.2 Å². The number of hydrogen-bond donors (Lipinski definition) is 1. The van der Waals surface area contributed by atoms with Gasteiger partial charge in [0.05, 0.1) is 45.1 Å². The van der Waals surface area contributed by atoms with Gasteiger partial charge in [0, 0.05) is 12.3 Å². The highest BCUT2D eigenvalue weighted by Gasteiger charge is 2.44.